The van der Waals surface area contributed by atoms with Crippen LogP contribution in [0.1, 0.15) is 28.5 Å². The van der Waals surface area contributed by atoms with Crippen molar-refractivity contribution in [3.05, 3.63) is 119 Å². The van der Waals surface area contributed by atoms with Crippen LogP contribution in [0.2, 0.25) is 0 Å². The van der Waals surface area contributed by atoms with Gasteiger partial charge in [-0.25, -0.2) is 4.39 Å². The van der Waals surface area contributed by atoms with Crippen LogP contribution >= 0.6 is 0 Å². The molecule has 1 amide bonds. The van der Waals surface area contributed by atoms with Crippen LogP contribution in [-0.4, -0.2) is 35.9 Å². The van der Waals surface area contributed by atoms with E-state index in [1.807, 2.05) is 30.3 Å². The number of furan rings is 1. The minimum Gasteiger partial charge on any atom is -0.507 e. The maximum Gasteiger partial charge on any atom is 0.296 e. The predicted molar refractivity (Wildman–Crippen MR) is 143 cm³/mol. The summed E-state index contributed by atoms with van der Waals surface area (Å²) in [5.41, 5.74) is 1.27. The molecule has 9 heteroatoms. The number of hydrogen-bond acceptors (Lipinski definition) is 7. The Hall–Kier alpha value is -5.05. The van der Waals surface area contributed by atoms with Crippen molar-refractivity contribution in [3.63, 3.8) is 0 Å². The number of carbonyl (C=O) groups is 2. The van der Waals surface area contributed by atoms with Gasteiger partial charge < -0.3 is 28.6 Å². The highest BCUT2D eigenvalue weighted by Gasteiger charge is 2.46. The minimum atomic E-state index is -1.02. The van der Waals surface area contributed by atoms with Crippen molar-refractivity contribution in [2.24, 2.45) is 0 Å². The van der Waals surface area contributed by atoms with Gasteiger partial charge in [0.2, 0.25) is 0 Å². The van der Waals surface area contributed by atoms with Crippen molar-refractivity contribution in [1.82, 2.24) is 4.90 Å². The van der Waals surface area contributed by atoms with Crippen LogP contribution < -0.4 is 14.2 Å². The first kappa shape index (κ1) is 26.6. The highest BCUT2D eigenvalue weighted by atomic mass is 19.1. The molecule has 1 aromatic heterocycles. The first-order chi connectivity index (χ1) is 19.4. The number of rotatable bonds is 9. The third kappa shape index (κ3) is 5.13. The topological polar surface area (TPSA) is 98.4 Å². The fourth-order valence-corrected chi connectivity index (χ4v) is 4.64. The summed E-state index contributed by atoms with van der Waals surface area (Å²) < 4.78 is 36.4. The summed E-state index contributed by atoms with van der Waals surface area (Å²) in [7, 11) is 2.80. The minimum absolute atomic E-state index is 0.0223. The summed E-state index contributed by atoms with van der Waals surface area (Å²) in [5, 5.41) is 11.3. The SMILES string of the molecule is COc1ccc(/C(O)=C2/C(=O)C(=O)N(Cc3ccco3)C2c2ccc(OCc3ccccc3)c(OC)c2)cc1F. The summed E-state index contributed by atoms with van der Waals surface area (Å²) >= 11 is 0. The molecule has 1 aliphatic heterocycles. The number of hydrogen-bond donors (Lipinski definition) is 1. The van der Waals surface area contributed by atoms with Gasteiger partial charge in [0, 0.05) is 5.56 Å². The number of ether oxygens (including phenoxy) is 3. The smallest absolute Gasteiger partial charge is 0.296 e. The van der Waals surface area contributed by atoms with Gasteiger partial charge in [-0.05, 0) is 53.6 Å². The zero-order valence-electron chi connectivity index (χ0n) is 21.8. The Bertz CT molecular complexity index is 1560. The van der Waals surface area contributed by atoms with E-state index < -0.39 is 29.3 Å². The summed E-state index contributed by atoms with van der Waals surface area (Å²) in [6.07, 6.45) is 1.46. The van der Waals surface area contributed by atoms with E-state index in [1.165, 1.54) is 37.5 Å². The van der Waals surface area contributed by atoms with E-state index in [0.29, 0.717) is 29.4 Å². The molecule has 1 saturated heterocycles. The highest BCUT2D eigenvalue weighted by Crippen LogP contribution is 2.43. The Kier molecular flexibility index (Phi) is 7.54. The molecule has 1 unspecified atom stereocenters. The third-order valence-corrected chi connectivity index (χ3v) is 6.61. The molecule has 8 nitrogen and oxygen atoms in total. The number of aliphatic hydroxyl groups excluding tert-OH is 1. The van der Waals surface area contributed by atoms with Crippen molar-refractivity contribution in [2.45, 2.75) is 19.2 Å². The van der Waals surface area contributed by atoms with Gasteiger partial charge in [0.1, 0.15) is 18.1 Å². The van der Waals surface area contributed by atoms with Gasteiger partial charge in [-0.15, -0.1) is 0 Å². The van der Waals surface area contributed by atoms with Crippen LogP contribution in [0.3, 0.4) is 0 Å². The Labute approximate surface area is 229 Å². The number of nitrogens with zero attached hydrogens (tertiary/aromatic N) is 1. The number of likely N-dealkylation sites (tertiary alicyclic amines) is 1. The van der Waals surface area contributed by atoms with E-state index in [4.69, 9.17) is 18.6 Å². The van der Waals surface area contributed by atoms with Crippen LogP contribution in [0.15, 0.2) is 95.1 Å². The maximum atomic E-state index is 14.5. The molecular formula is C31H26FNO7. The zero-order valence-corrected chi connectivity index (χ0v) is 21.8. The van der Waals surface area contributed by atoms with Gasteiger partial charge in [-0.2, -0.15) is 0 Å². The Balaban J connectivity index is 1.58. The lowest BCUT2D eigenvalue weighted by atomic mass is 9.95. The van der Waals surface area contributed by atoms with Gasteiger partial charge >= 0.3 is 0 Å². The van der Waals surface area contributed by atoms with E-state index in [9.17, 15) is 19.1 Å². The van der Waals surface area contributed by atoms with Gasteiger partial charge in [0.15, 0.2) is 23.1 Å². The number of ketones is 1. The number of carbonyl (C=O) groups excluding carboxylic acids is 2. The monoisotopic (exact) mass is 543 g/mol. The highest BCUT2D eigenvalue weighted by molar-refractivity contribution is 6.46. The van der Waals surface area contributed by atoms with Crippen LogP contribution in [0.4, 0.5) is 4.39 Å². The van der Waals surface area contributed by atoms with Gasteiger partial charge in [0.25, 0.3) is 11.7 Å². The molecule has 40 heavy (non-hydrogen) atoms. The van der Waals surface area contributed by atoms with Crippen molar-refractivity contribution in [2.75, 3.05) is 14.2 Å². The number of aliphatic hydroxyl groups is 1. The fraction of sp³-hybridized carbons (Fsp3) is 0.161. The molecule has 5 rings (SSSR count). The van der Waals surface area contributed by atoms with Crippen LogP contribution in [0.5, 0.6) is 17.2 Å². The van der Waals surface area contributed by atoms with Crippen molar-refractivity contribution in [3.8, 4) is 17.2 Å². The van der Waals surface area contributed by atoms with Crippen LogP contribution in [-0.2, 0) is 22.7 Å². The first-order valence-corrected chi connectivity index (χ1v) is 12.4. The van der Waals surface area contributed by atoms with Crippen molar-refractivity contribution >= 4 is 17.4 Å². The van der Waals surface area contributed by atoms with Crippen molar-refractivity contribution < 1.29 is 37.7 Å². The molecule has 0 saturated carbocycles. The molecule has 3 aromatic carbocycles. The molecule has 0 bridgehead atoms. The molecule has 0 spiro atoms. The second-order valence-electron chi connectivity index (χ2n) is 9.04. The molecule has 0 radical (unpaired) electrons. The average molecular weight is 544 g/mol. The lowest BCUT2D eigenvalue weighted by Gasteiger charge is -2.25. The van der Waals surface area contributed by atoms with E-state index in [1.54, 1.807) is 30.3 Å². The maximum absolute atomic E-state index is 14.5. The molecule has 1 N–H and O–H groups in total. The van der Waals surface area contributed by atoms with Gasteiger partial charge in [-0.1, -0.05) is 36.4 Å². The zero-order chi connectivity index (χ0) is 28.2. The molecule has 1 fully saturated rings. The average Bonchev–Trinajstić information content (AvgIpc) is 3.58. The van der Waals surface area contributed by atoms with E-state index in [-0.39, 0.29) is 23.4 Å². The number of amides is 1. The number of halogens is 1. The molecule has 0 aliphatic carbocycles. The fourth-order valence-electron chi connectivity index (χ4n) is 4.64. The lowest BCUT2D eigenvalue weighted by molar-refractivity contribution is -0.140. The quantitative estimate of drug-likeness (QED) is 0.166. The molecule has 1 atom stereocenters. The second kappa shape index (κ2) is 11.4. The Morgan fingerprint density at radius 3 is 2.35 bits per heavy atom. The first-order valence-electron chi connectivity index (χ1n) is 12.4. The Morgan fingerprint density at radius 1 is 0.925 bits per heavy atom. The Morgan fingerprint density at radius 2 is 1.68 bits per heavy atom. The second-order valence-corrected chi connectivity index (χ2v) is 9.04. The standard InChI is InChI=1S/C31H26FNO7/c1-37-24-12-11-21(15-23(24)32)29(34)27-28(33(31(36)30(27)35)17-22-9-6-14-39-22)20-10-13-25(26(16-20)38-2)40-18-19-7-4-3-5-8-19/h3-16,28,34H,17-18H2,1-2H3/b29-27-. The predicted octanol–water partition coefficient (Wildman–Crippen LogP) is 5.64. The summed E-state index contributed by atoms with van der Waals surface area (Å²) in [4.78, 5) is 27.9. The van der Waals surface area contributed by atoms with Gasteiger partial charge in [-0.3, -0.25) is 9.59 Å². The largest absolute Gasteiger partial charge is 0.507 e. The van der Waals surface area contributed by atoms with Crippen LogP contribution in [0, 0.1) is 5.82 Å². The lowest BCUT2D eigenvalue weighted by Crippen LogP contribution is -2.29. The number of Topliss-reactive ketones (excluding diaryl/α,β-unsaturated/α-hetero) is 1. The molecule has 1 aliphatic rings. The van der Waals surface area contributed by atoms with Gasteiger partial charge in [0.05, 0.1) is 38.6 Å². The van der Waals surface area contributed by atoms with E-state index in [0.717, 1.165) is 11.6 Å². The molecular weight excluding hydrogens is 517 g/mol. The van der Waals surface area contributed by atoms with Crippen LogP contribution in [0.25, 0.3) is 5.76 Å². The van der Waals surface area contributed by atoms with E-state index in [2.05, 4.69) is 0 Å². The summed E-state index contributed by atoms with van der Waals surface area (Å²) in [6.45, 7) is 0.265. The normalized spacial score (nSPS) is 16.3. The molecule has 204 valence electrons. The number of methoxy groups -OCH3 is 2. The molecule has 4 aromatic rings. The number of benzene rings is 3. The van der Waals surface area contributed by atoms with Crippen molar-refractivity contribution in [1.29, 1.82) is 0 Å². The molecule has 2 heterocycles. The summed E-state index contributed by atoms with van der Waals surface area (Å²) in [5.74, 6) is -1.75. The van der Waals surface area contributed by atoms with E-state index >= 15 is 0 Å². The summed E-state index contributed by atoms with van der Waals surface area (Å²) in [6, 6.07) is 20.7. The third-order valence-electron chi connectivity index (χ3n) is 6.61.